The number of unbranched alkanes of at least 4 members (excludes halogenated alkanes) is 1. The van der Waals surface area contributed by atoms with E-state index in [0.29, 0.717) is 23.7 Å². The van der Waals surface area contributed by atoms with Gasteiger partial charge < -0.3 is 24.7 Å². The number of carboxylic acids is 2. The Morgan fingerprint density at radius 3 is 2.29 bits per heavy atom. The number of pyridine rings is 1. The van der Waals surface area contributed by atoms with Crippen LogP contribution in [0.1, 0.15) is 19.8 Å². The van der Waals surface area contributed by atoms with Crippen molar-refractivity contribution in [1.29, 1.82) is 0 Å². The molecule has 0 saturated heterocycles. The molecule has 1 heterocycles. The number of aromatic nitrogens is 1. The van der Waals surface area contributed by atoms with Gasteiger partial charge in [-0.1, -0.05) is 13.3 Å². The molecule has 1 amide bonds. The smallest absolute Gasteiger partial charge is 0.414 e. The van der Waals surface area contributed by atoms with Gasteiger partial charge in [0.1, 0.15) is 0 Å². The number of nitrogens with zero attached hydrogens (tertiary/aromatic N) is 4. The normalized spacial score (nSPS) is 10.3. The van der Waals surface area contributed by atoms with Crippen molar-refractivity contribution in [3.8, 4) is 5.75 Å². The number of aliphatic carboxylic acids is 2. The lowest BCUT2D eigenvalue weighted by molar-refractivity contribution is -0.134. The summed E-state index contributed by atoms with van der Waals surface area (Å²) < 4.78 is 5.21. The molecular weight excluding hydrogens is 368 g/mol. The van der Waals surface area contributed by atoms with Crippen molar-refractivity contribution >= 4 is 30.2 Å². The van der Waals surface area contributed by atoms with Crippen molar-refractivity contribution in [3.63, 3.8) is 0 Å². The van der Waals surface area contributed by atoms with Crippen molar-refractivity contribution in [2.24, 2.45) is 4.99 Å². The molecule has 10 nitrogen and oxygen atoms in total. The summed E-state index contributed by atoms with van der Waals surface area (Å²) in [5.41, 5.74) is 0. The van der Waals surface area contributed by atoms with Crippen molar-refractivity contribution in [3.05, 3.63) is 30.5 Å². The Labute approximate surface area is 163 Å². The molecule has 0 aliphatic carbocycles. The van der Waals surface area contributed by atoms with Crippen LogP contribution in [0.4, 0.5) is 10.6 Å². The van der Waals surface area contributed by atoms with Gasteiger partial charge >= 0.3 is 18.0 Å². The first kappa shape index (κ1) is 24.6. The molecular formula is C18H26N4O6. The molecule has 1 aromatic heterocycles. The topological polar surface area (TPSA) is 133 Å². The van der Waals surface area contributed by atoms with Gasteiger partial charge in [-0.3, -0.25) is 0 Å². The summed E-state index contributed by atoms with van der Waals surface area (Å²) in [5, 5.41) is 15.6. The highest BCUT2D eigenvalue weighted by molar-refractivity contribution is 5.89. The minimum atomic E-state index is -1.26. The Bertz CT molecular complexity index is 687. The van der Waals surface area contributed by atoms with Crippen LogP contribution < -0.4 is 4.74 Å². The van der Waals surface area contributed by atoms with Crippen LogP contribution in [0, 0.1) is 0 Å². The van der Waals surface area contributed by atoms with E-state index in [0.717, 1.165) is 19.4 Å². The summed E-state index contributed by atoms with van der Waals surface area (Å²) >= 11 is 0. The maximum atomic E-state index is 11.6. The van der Waals surface area contributed by atoms with E-state index in [1.807, 2.05) is 11.9 Å². The molecule has 0 unspecified atom stereocenters. The first-order valence-corrected chi connectivity index (χ1v) is 8.39. The number of hydrogen-bond donors (Lipinski definition) is 2. The van der Waals surface area contributed by atoms with E-state index in [2.05, 4.69) is 16.9 Å². The lowest BCUT2D eigenvalue weighted by atomic mass is 10.3. The van der Waals surface area contributed by atoms with Crippen LogP contribution in [0.15, 0.2) is 35.5 Å². The fourth-order valence-corrected chi connectivity index (χ4v) is 1.51. The number of carbonyl (C=O) groups is 3. The molecule has 2 N–H and O–H groups in total. The molecule has 0 spiro atoms. The molecule has 0 aliphatic heterocycles. The zero-order valence-corrected chi connectivity index (χ0v) is 16.4. The second kappa shape index (κ2) is 13.7. The fourth-order valence-electron chi connectivity index (χ4n) is 1.51. The van der Waals surface area contributed by atoms with Crippen LogP contribution >= 0.6 is 0 Å². The highest BCUT2D eigenvalue weighted by atomic mass is 16.6. The Balaban J connectivity index is 0.000000769. The van der Waals surface area contributed by atoms with E-state index in [9.17, 15) is 14.4 Å². The Kier molecular flexibility index (Phi) is 12.0. The maximum absolute atomic E-state index is 11.6. The summed E-state index contributed by atoms with van der Waals surface area (Å²) in [6, 6.07) is 3.38. The third-order valence-electron chi connectivity index (χ3n) is 2.92. The molecule has 0 aromatic carbocycles. The molecule has 0 atom stereocenters. The second-order valence-electron chi connectivity index (χ2n) is 5.68. The van der Waals surface area contributed by atoms with Crippen molar-refractivity contribution in [2.75, 3.05) is 27.7 Å². The zero-order chi connectivity index (χ0) is 21.5. The Morgan fingerprint density at radius 2 is 1.79 bits per heavy atom. The maximum Gasteiger partial charge on any atom is 0.414 e. The highest BCUT2D eigenvalue weighted by Gasteiger charge is 2.10. The molecule has 0 fully saturated rings. The van der Waals surface area contributed by atoms with E-state index >= 15 is 0 Å². The van der Waals surface area contributed by atoms with E-state index in [1.54, 1.807) is 38.8 Å². The zero-order valence-electron chi connectivity index (χ0n) is 16.4. The standard InChI is InChI=1S/C14H22N4O2.C4H4O4/c1-5-6-10-18(4)11-16-13-12(8-7-9-15-13)20-14(19)17(2)3;5-3(6)1-2-4(7)8/h7-9,11H,5-6,10H2,1-4H3;1-2H,(H,5,6)(H,7,8)/b;2-1-. The third kappa shape index (κ3) is 12.0. The van der Waals surface area contributed by atoms with E-state index in [-0.39, 0.29) is 0 Å². The van der Waals surface area contributed by atoms with Gasteiger partial charge in [0.15, 0.2) is 11.6 Å². The number of hydrogen-bond acceptors (Lipinski definition) is 6. The first-order chi connectivity index (χ1) is 13.2. The van der Waals surface area contributed by atoms with Gasteiger partial charge in [0.2, 0.25) is 0 Å². The van der Waals surface area contributed by atoms with Gasteiger partial charge in [0.05, 0.1) is 6.34 Å². The first-order valence-electron chi connectivity index (χ1n) is 8.39. The molecule has 1 aromatic rings. The lowest BCUT2D eigenvalue weighted by Gasteiger charge is -2.13. The molecule has 28 heavy (non-hydrogen) atoms. The van der Waals surface area contributed by atoms with Crippen LogP contribution in [0.2, 0.25) is 0 Å². The van der Waals surface area contributed by atoms with Crippen molar-refractivity contribution < 1.29 is 29.3 Å². The Morgan fingerprint density at radius 1 is 1.18 bits per heavy atom. The summed E-state index contributed by atoms with van der Waals surface area (Å²) in [7, 11) is 5.20. The summed E-state index contributed by atoms with van der Waals surface area (Å²) in [4.78, 5) is 42.4. The minimum Gasteiger partial charge on any atom is -0.478 e. The number of carbonyl (C=O) groups excluding carboxylic acids is 1. The third-order valence-corrected chi connectivity index (χ3v) is 2.92. The molecule has 154 valence electrons. The lowest BCUT2D eigenvalue weighted by Crippen LogP contribution is -2.25. The molecule has 0 bridgehead atoms. The Hall–Kier alpha value is -3.43. The van der Waals surface area contributed by atoms with E-state index in [1.165, 1.54) is 4.90 Å². The summed E-state index contributed by atoms with van der Waals surface area (Å²) in [5.74, 6) is -1.77. The average molecular weight is 394 g/mol. The molecule has 0 radical (unpaired) electrons. The van der Waals surface area contributed by atoms with Gasteiger partial charge in [-0.2, -0.15) is 0 Å². The quantitative estimate of drug-likeness (QED) is 0.390. The van der Waals surface area contributed by atoms with E-state index < -0.39 is 18.0 Å². The van der Waals surface area contributed by atoms with Gasteiger partial charge in [-0.05, 0) is 18.6 Å². The number of aliphatic imine (C=N–C) groups is 1. The fraction of sp³-hybridized carbons (Fsp3) is 0.389. The SMILES string of the molecule is CCCCN(C)C=Nc1ncccc1OC(=O)N(C)C.O=C(O)/C=C\C(=O)O. The second-order valence-corrected chi connectivity index (χ2v) is 5.68. The number of rotatable bonds is 8. The van der Waals surface area contributed by atoms with Crippen LogP contribution in [0.3, 0.4) is 0 Å². The monoisotopic (exact) mass is 394 g/mol. The number of ether oxygens (including phenoxy) is 1. The van der Waals surface area contributed by atoms with Gasteiger partial charge in [0.25, 0.3) is 0 Å². The van der Waals surface area contributed by atoms with Gasteiger partial charge in [-0.15, -0.1) is 0 Å². The molecule has 0 saturated carbocycles. The summed E-state index contributed by atoms with van der Waals surface area (Å²) in [6.07, 6.45) is 6.22. The van der Waals surface area contributed by atoms with Crippen molar-refractivity contribution in [2.45, 2.75) is 19.8 Å². The number of carboxylic acid groups (broad SMARTS) is 2. The number of amides is 1. The molecule has 0 aliphatic rings. The average Bonchev–Trinajstić information content (AvgIpc) is 2.64. The molecule has 1 rings (SSSR count). The van der Waals surface area contributed by atoms with Crippen LogP contribution in [-0.2, 0) is 9.59 Å². The largest absolute Gasteiger partial charge is 0.478 e. The highest BCUT2D eigenvalue weighted by Crippen LogP contribution is 2.24. The van der Waals surface area contributed by atoms with E-state index in [4.69, 9.17) is 14.9 Å². The minimum absolute atomic E-state index is 0.353. The van der Waals surface area contributed by atoms with Crippen LogP contribution in [0.5, 0.6) is 5.75 Å². The van der Waals surface area contributed by atoms with Crippen molar-refractivity contribution in [1.82, 2.24) is 14.8 Å². The summed E-state index contributed by atoms with van der Waals surface area (Å²) in [6.45, 7) is 3.07. The van der Waals surface area contributed by atoms with Gasteiger partial charge in [0, 0.05) is 46.0 Å². The molecule has 10 heteroatoms. The van der Waals surface area contributed by atoms with Crippen LogP contribution in [0.25, 0.3) is 0 Å². The van der Waals surface area contributed by atoms with Gasteiger partial charge in [-0.25, -0.2) is 24.4 Å². The predicted octanol–water partition coefficient (Wildman–Crippen LogP) is 2.25. The van der Waals surface area contributed by atoms with Crippen LogP contribution in [-0.4, -0.2) is 77.1 Å². The predicted molar refractivity (Wildman–Crippen MR) is 104 cm³/mol.